The second kappa shape index (κ2) is 11.8. The molecule has 0 bridgehead atoms. The maximum atomic E-state index is 12.4. The third-order valence-corrected chi connectivity index (χ3v) is 5.77. The van der Waals surface area contributed by atoms with Crippen LogP contribution in [0.15, 0.2) is 52.4 Å². The molecular weight excluding hydrogens is 456 g/mol. The molecule has 1 heterocycles. The Kier molecular flexibility index (Phi) is 8.54. The van der Waals surface area contributed by atoms with E-state index < -0.39 is 5.56 Å². The molecule has 2 aromatic carbocycles. The lowest BCUT2D eigenvalue weighted by Gasteiger charge is -2.10. The molecule has 0 radical (unpaired) electrons. The molecule has 0 unspecified atom stereocenters. The Balaban J connectivity index is 1.61. The third-order valence-electron chi connectivity index (χ3n) is 4.90. The predicted octanol–water partition coefficient (Wildman–Crippen LogP) is 2.79. The Hall–Kier alpha value is -3.97. The average Bonchev–Trinajstić information content (AvgIpc) is 2.87. The van der Waals surface area contributed by atoms with Crippen molar-refractivity contribution in [2.24, 2.45) is 0 Å². The summed E-state index contributed by atoms with van der Waals surface area (Å²) in [6.45, 7) is 0.434. The summed E-state index contributed by atoms with van der Waals surface area (Å²) < 4.78 is 15.7. The number of hydrogen-bond donors (Lipinski definition) is 2. The van der Waals surface area contributed by atoms with Crippen molar-refractivity contribution in [3.05, 3.63) is 63.9 Å². The fourth-order valence-corrected chi connectivity index (χ4v) is 3.84. The highest BCUT2D eigenvalue weighted by Gasteiger charge is 2.15. The van der Waals surface area contributed by atoms with E-state index in [9.17, 15) is 14.9 Å². The zero-order valence-corrected chi connectivity index (χ0v) is 19.8. The molecule has 0 saturated heterocycles. The van der Waals surface area contributed by atoms with Gasteiger partial charge in [-0.15, -0.1) is 0 Å². The number of hydrogen-bond acceptors (Lipinski definition) is 8. The van der Waals surface area contributed by atoms with E-state index in [1.54, 1.807) is 45.6 Å². The zero-order chi connectivity index (χ0) is 24.5. The van der Waals surface area contributed by atoms with E-state index in [-0.39, 0.29) is 28.1 Å². The van der Waals surface area contributed by atoms with Crippen LogP contribution in [0.1, 0.15) is 11.1 Å². The molecule has 3 rings (SSSR count). The van der Waals surface area contributed by atoms with Crippen molar-refractivity contribution in [2.45, 2.75) is 11.6 Å². The van der Waals surface area contributed by atoms with Gasteiger partial charge in [0.05, 0.1) is 32.8 Å². The first-order valence-electron chi connectivity index (χ1n) is 10.3. The fraction of sp³-hybridized carbons (Fsp3) is 0.250. The number of thioether (sulfide) groups is 1. The van der Waals surface area contributed by atoms with Gasteiger partial charge in [0.15, 0.2) is 16.7 Å². The van der Waals surface area contributed by atoms with E-state index >= 15 is 0 Å². The lowest BCUT2D eigenvalue weighted by Crippen LogP contribution is -2.27. The van der Waals surface area contributed by atoms with E-state index in [0.29, 0.717) is 35.8 Å². The van der Waals surface area contributed by atoms with Crippen LogP contribution >= 0.6 is 11.8 Å². The summed E-state index contributed by atoms with van der Waals surface area (Å²) in [5.41, 5.74) is 1.20. The van der Waals surface area contributed by atoms with Gasteiger partial charge in [0.1, 0.15) is 17.4 Å². The van der Waals surface area contributed by atoms with Gasteiger partial charge < -0.3 is 24.5 Å². The number of amides is 1. The van der Waals surface area contributed by atoms with E-state index in [2.05, 4.69) is 15.3 Å². The fourth-order valence-electron chi connectivity index (χ4n) is 3.15. The number of benzene rings is 2. The maximum Gasteiger partial charge on any atom is 0.270 e. The molecule has 0 spiro atoms. The van der Waals surface area contributed by atoms with Gasteiger partial charge in [0, 0.05) is 12.1 Å². The highest BCUT2D eigenvalue weighted by molar-refractivity contribution is 7.99. The van der Waals surface area contributed by atoms with Crippen molar-refractivity contribution in [1.29, 1.82) is 5.26 Å². The van der Waals surface area contributed by atoms with Crippen LogP contribution in [0.3, 0.4) is 0 Å². The number of carbonyl (C=O) groups is 1. The van der Waals surface area contributed by atoms with Crippen molar-refractivity contribution in [3.8, 4) is 34.6 Å². The monoisotopic (exact) mass is 480 g/mol. The number of nitrogens with zero attached hydrogens (tertiary/aromatic N) is 2. The van der Waals surface area contributed by atoms with Crippen molar-refractivity contribution in [1.82, 2.24) is 15.3 Å². The molecular formula is C24H24N4O5S. The minimum Gasteiger partial charge on any atom is -0.497 e. The molecule has 3 aromatic rings. The molecule has 176 valence electrons. The minimum atomic E-state index is -0.556. The number of aromatic amines is 1. The van der Waals surface area contributed by atoms with Crippen molar-refractivity contribution in [3.63, 3.8) is 0 Å². The number of rotatable bonds is 10. The Morgan fingerprint density at radius 1 is 1.09 bits per heavy atom. The van der Waals surface area contributed by atoms with Gasteiger partial charge in [0.2, 0.25) is 5.91 Å². The number of nitrogens with one attached hydrogen (secondary N) is 2. The van der Waals surface area contributed by atoms with Gasteiger partial charge >= 0.3 is 0 Å². The first-order chi connectivity index (χ1) is 16.5. The molecule has 34 heavy (non-hydrogen) atoms. The molecule has 1 amide bonds. The molecule has 0 atom stereocenters. The molecule has 0 aliphatic rings. The number of nitriles is 1. The van der Waals surface area contributed by atoms with Crippen LogP contribution in [0.4, 0.5) is 0 Å². The summed E-state index contributed by atoms with van der Waals surface area (Å²) >= 11 is 1.09. The Labute approximate surface area is 201 Å². The summed E-state index contributed by atoms with van der Waals surface area (Å²) in [4.78, 5) is 31.7. The summed E-state index contributed by atoms with van der Waals surface area (Å²) in [6, 6.07) is 14.4. The summed E-state index contributed by atoms with van der Waals surface area (Å²) in [6.07, 6.45) is 0.615. The van der Waals surface area contributed by atoms with Crippen LogP contribution < -0.4 is 25.1 Å². The quantitative estimate of drug-likeness (QED) is 0.335. The van der Waals surface area contributed by atoms with Crippen LogP contribution in [0.2, 0.25) is 0 Å². The van der Waals surface area contributed by atoms with E-state index in [1.165, 1.54) is 0 Å². The number of ether oxygens (including phenoxy) is 3. The van der Waals surface area contributed by atoms with Crippen LogP contribution in [-0.2, 0) is 11.2 Å². The summed E-state index contributed by atoms with van der Waals surface area (Å²) in [5.74, 6) is 1.77. The van der Waals surface area contributed by atoms with Gasteiger partial charge in [0.25, 0.3) is 5.56 Å². The average molecular weight is 481 g/mol. The van der Waals surface area contributed by atoms with Gasteiger partial charge in [-0.05, 0) is 48.4 Å². The van der Waals surface area contributed by atoms with Crippen molar-refractivity contribution >= 4 is 17.7 Å². The SMILES string of the molecule is COc1ccc(-c2nc(SCC(=O)NCCc3ccc(OC)c(OC)c3)[nH]c(=O)c2C#N)cc1. The normalized spacial score (nSPS) is 10.3. The molecule has 10 heteroatoms. The number of carbonyl (C=O) groups excluding carboxylic acids is 1. The Morgan fingerprint density at radius 3 is 2.47 bits per heavy atom. The van der Waals surface area contributed by atoms with Gasteiger partial charge in [-0.3, -0.25) is 9.59 Å². The van der Waals surface area contributed by atoms with Crippen LogP contribution in [0, 0.1) is 11.3 Å². The van der Waals surface area contributed by atoms with Crippen LogP contribution in [0.25, 0.3) is 11.3 Å². The molecule has 0 aliphatic heterocycles. The number of aromatic nitrogens is 2. The standard InChI is InChI=1S/C24H24N4O5S/c1-31-17-7-5-16(6-8-17)22-18(13-25)23(30)28-24(27-22)34-14-21(29)26-11-10-15-4-9-19(32-2)20(12-15)33-3/h4-9,12H,10-11,14H2,1-3H3,(H,26,29)(H,27,28,30). The molecule has 0 saturated carbocycles. The minimum absolute atomic E-state index is 0.0584. The Bertz CT molecular complexity index is 1250. The largest absolute Gasteiger partial charge is 0.497 e. The second-order valence-corrected chi connectivity index (χ2v) is 7.98. The first-order valence-corrected chi connectivity index (χ1v) is 11.3. The predicted molar refractivity (Wildman–Crippen MR) is 129 cm³/mol. The van der Waals surface area contributed by atoms with Gasteiger partial charge in [-0.1, -0.05) is 17.8 Å². The Morgan fingerprint density at radius 2 is 1.82 bits per heavy atom. The number of H-pyrrole nitrogens is 1. The van der Waals surface area contributed by atoms with E-state index in [4.69, 9.17) is 14.2 Å². The zero-order valence-electron chi connectivity index (χ0n) is 19.0. The topological polar surface area (TPSA) is 126 Å². The van der Waals surface area contributed by atoms with Crippen LogP contribution in [0.5, 0.6) is 17.2 Å². The molecule has 0 aliphatic carbocycles. The van der Waals surface area contributed by atoms with E-state index in [0.717, 1.165) is 17.3 Å². The summed E-state index contributed by atoms with van der Waals surface area (Å²) in [5, 5.41) is 12.5. The molecule has 1 aromatic heterocycles. The van der Waals surface area contributed by atoms with Crippen molar-refractivity contribution in [2.75, 3.05) is 33.6 Å². The second-order valence-electron chi connectivity index (χ2n) is 7.01. The molecule has 2 N–H and O–H groups in total. The van der Waals surface area contributed by atoms with Gasteiger partial charge in [-0.2, -0.15) is 5.26 Å². The van der Waals surface area contributed by atoms with Crippen molar-refractivity contribution < 1.29 is 19.0 Å². The smallest absolute Gasteiger partial charge is 0.270 e. The van der Waals surface area contributed by atoms with E-state index in [1.807, 2.05) is 24.3 Å². The summed E-state index contributed by atoms with van der Waals surface area (Å²) in [7, 11) is 4.70. The maximum absolute atomic E-state index is 12.4. The first kappa shape index (κ1) is 24.7. The van der Waals surface area contributed by atoms with Crippen LogP contribution in [-0.4, -0.2) is 49.5 Å². The third kappa shape index (κ3) is 6.08. The number of methoxy groups -OCH3 is 3. The lowest BCUT2D eigenvalue weighted by molar-refractivity contribution is -0.118. The lowest BCUT2D eigenvalue weighted by atomic mass is 10.1. The molecule has 0 fully saturated rings. The van der Waals surface area contributed by atoms with Gasteiger partial charge in [-0.25, -0.2) is 4.98 Å². The molecule has 9 nitrogen and oxygen atoms in total. The highest BCUT2D eigenvalue weighted by Crippen LogP contribution is 2.27. The highest BCUT2D eigenvalue weighted by atomic mass is 32.2.